The predicted octanol–water partition coefficient (Wildman–Crippen LogP) is 0.770. The van der Waals surface area contributed by atoms with Gasteiger partial charge < -0.3 is 9.88 Å². The summed E-state index contributed by atoms with van der Waals surface area (Å²) in [5.41, 5.74) is 1.62. The number of nitrogens with zero attached hydrogens (tertiary/aromatic N) is 3. The first kappa shape index (κ1) is 14.8. The molecule has 0 radical (unpaired) electrons. The topological polar surface area (TPSA) is 94.7 Å². The Kier molecular flexibility index (Phi) is 4.02. The summed E-state index contributed by atoms with van der Waals surface area (Å²) in [6, 6.07) is 1.87. The van der Waals surface area contributed by atoms with Crippen molar-refractivity contribution in [1.82, 2.24) is 20.2 Å². The molecule has 0 aliphatic carbocycles. The lowest BCUT2D eigenvalue weighted by Gasteiger charge is -2.20. The maximum absolute atomic E-state index is 11.9. The molecular weight excluding hydrogens is 302 g/mol. The van der Waals surface area contributed by atoms with E-state index in [1.54, 1.807) is 0 Å². The van der Waals surface area contributed by atoms with Crippen LogP contribution in [0.1, 0.15) is 12.1 Å². The number of thioether (sulfide) groups is 1. The molecule has 7 nitrogen and oxygen atoms in total. The van der Waals surface area contributed by atoms with Gasteiger partial charge in [0.2, 0.25) is 0 Å². The minimum absolute atomic E-state index is 0.314. The molecular formula is C14H17N5O2S. The summed E-state index contributed by atoms with van der Waals surface area (Å²) in [4.78, 5) is 30.0. The number of hydrogen-bond donors (Lipinski definition) is 2. The molecule has 1 atom stereocenters. The van der Waals surface area contributed by atoms with Crippen LogP contribution in [0.5, 0.6) is 0 Å². The van der Waals surface area contributed by atoms with Gasteiger partial charge in [0.25, 0.3) is 5.56 Å². The van der Waals surface area contributed by atoms with E-state index in [1.165, 1.54) is 6.20 Å². The summed E-state index contributed by atoms with van der Waals surface area (Å²) < 4.78 is 0. The van der Waals surface area contributed by atoms with Gasteiger partial charge in [0.1, 0.15) is 5.69 Å². The molecule has 2 aromatic heterocycles. The van der Waals surface area contributed by atoms with Crippen LogP contribution in [-0.2, 0) is 0 Å². The Morgan fingerprint density at radius 3 is 2.86 bits per heavy atom. The molecule has 0 spiro atoms. The van der Waals surface area contributed by atoms with Gasteiger partial charge in [-0.05, 0) is 25.7 Å². The predicted molar refractivity (Wildman–Crippen MR) is 87.6 cm³/mol. The molecule has 2 N–H and O–H groups in total. The Hall–Kier alpha value is -2.09. The van der Waals surface area contributed by atoms with Gasteiger partial charge in [-0.25, -0.2) is 4.79 Å². The summed E-state index contributed by atoms with van der Waals surface area (Å²) in [6.45, 7) is 3.85. The van der Waals surface area contributed by atoms with Crippen molar-refractivity contribution in [3.05, 3.63) is 38.8 Å². The lowest BCUT2D eigenvalue weighted by Crippen LogP contribution is -2.24. The Labute approximate surface area is 131 Å². The fourth-order valence-corrected chi connectivity index (χ4v) is 3.30. The lowest BCUT2D eigenvalue weighted by atomic mass is 10.2. The lowest BCUT2D eigenvalue weighted by molar-refractivity contribution is 0.910. The number of aromatic amines is 2. The van der Waals surface area contributed by atoms with Crippen LogP contribution in [0.15, 0.2) is 21.9 Å². The van der Waals surface area contributed by atoms with E-state index in [-0.39, 0.29) is 0 Å². The van der Waals surface area contributed by atoms with Crippen molar-refractivity contribution in [2.75, 3.05) is 24.2 Å². The standard InChI is InChI=1S/C14H17N5O2S/c1-8-12(19-4-3-9(7-19)22-2)5-11(18-17-8)10-6-15-14(21)16-13(10)20/h5-6,9H,3-4,7H2,1-2H3,(H2,15,16,20,21)/t9-/m1/s1. The molecule has 1 aliphatic heterocycles. The Morgan fingerprint density at radius 2 is 2.18 bits per heavy atom. The molecule has 1 saturated heterocycles. The van der Waals surface area contributed by atoms with Crippen molar-refractivity contribution in [3.8, 4) is 11.3 Å². The van der Waals surface area contributed by atoms with Crippen LogP contribution >= 0.6 is 11.8 Å². The number of nitrogens with one attached hydrogen (secondary N) is 2. The van der Waals surface area contributed by atoms with Crippen molar-refractivity contribution >= 4 is 17.4 Å². The van der Waals surface area contributed by atoms with Gasteiger partial charge in [0, 0.05) is 24.5 Å². The summed E-state index contributed by atoms with van der Waals surface area (Å²) in [5, 5.41) is 8.88. The fourth-order valence-electron chi connectivity index (χ4n) is 2.63. The van der Waals surface area contributed by atoms with Gasteiger partial charge in [-0.1, -0.05) is 0 Å². The SMILES string of the molecule is CS[C@@H]1CCN(c2cc(-c3c[nH]c(=O)[nH]c3=O)nnc2C)C1. The first-order chi connectivity index (χ1) is 10.6. The third-order valence-corrected chi connectivity index (χ3v) is 4.92. The average Bonchev–Trinajstić information content (AvgIpc) is 2.97. The Balaban J connectivity index is 2.00. The maximum atomic E-state index is 11.9. The minimum atomic E-state index is -0.531. The third-order valence-electron chi connectivity index (χ3n) is 3.87. The van der Waals surface area contributed by atoms with E-state index < -0.39 is 11.2 Å². The highest BCUT2D eigenvalue weighted by molar-refractivity contribution is 7.99. The molecule has 3 heterocycles. The highest BCUT2D eigenvalue weighted by Crippen LogP contribution is 2.29. The maximum Gasteiger partial charge on any atom is 0.325 e. The first-order valence-corrected chi connectivity index (χ1v) is 8.31. The minimum Gasteiger partial charge on any atom is -0.369 e. The van der Waals surface area contributed by atoms with E-state index in [4.69, 9.17) is 0 Å². The quantitative estimate of drug-likeness (QED) is 0.868. The van der Waals surface area contributed by atoms with Crippen LogP contribution in [0.25, 0.3) is 11.3 Å². The largest absolute Gasteiger partial charge is 0.369 e. The Morgan fingerprint density at radius 1 is 1.36 bits per heavy atom. The molecule has 1 aliphatic rings. The molecule has 2 aromatic rings. The second kappa shape index (κ2) is 5.96. The van der Waals surface area contributed by atoms with Crippen LogP contribution < -0.4 is 16.1 Å². The zero-order valence-corrected chi connectivity index (χ0v) is 13.2. The van der Waals surface area contributed by atoms with E-state index in [0.29, 0.717) is 16.5 Å². The molecule has 0 amide bonds. The molecule has 1 fully saturated rings. The Bertz CT molecular complexity index is 800. The normalized spacial score (nSPS) is 17.9. The van der Waals surface area contributed by atoms with Crippen molar-refractivity contribution in [2.45, 2.75) is 18.6 Å². The second-order valence-corrected chi connectivity index (χ2v) is 6.42. The van der Waals surface area contributed by atoms with E-state index in [1.807, 2.05) is 24.8 Å². The average molecular weight is 319 g/mol. The van der Waals surface area contributed by atoms with Crippen LogP contribution in [0.2, 0.25) is 0 Å². The molecule has 3 rings (SSSR count). The van der Waals surface area contributed by atoms with Gasteiger partial charge in [-0.15, -0.1) is 5.10 Å². The molecule has 116 valence electrons. The monoisotopic (exact) mass is 319 g/mol. The zero-order chi connectivity index (χ0) is 15.7. The summed E-state index contributed by atoms with van der Waals surface area (Å²) in [6.07, 6.45) is 4.63. The van der Waals surface area contributed by atoms with Gasteiger partial charge >= 0.3 is 5.69 Å². The van der Waals surface area contributed by atoms with Gasteiger partial charge in [-0.3, -0.25) is 9.78 Å². The molecule has 0 aromatic carbocycles. The van der Waals surface area contributed by atoms with Crippen LogP contribution in [0.3, 0.4) is 0 Å². The highest BCUT2D eigenvalue weighted by Gasteiger charge is 2.24. The number of H-pyrrole nitrogens is 2. The molecule has 0 saturated carbocycles. The summed E-state index contributed by atoms with van der Waals surface area (Å²) in [7, 11) is 0. The number of aromatic nitrogens is 4. The molecule has 22 heavy (non-hydrogen) atoms. The van der Waals surface area contributed by atoms with E-state index in [2.05, 4.69) is 31.3 Å². The number of aryl methyl sites for hydroxylation is 1. The fraction of sp³-hybridized carbons (Fsp3) is 0.429. The van der Waals surface area contributed by atoms with Gasteiger partial charge in [0.15, 0.2) is 0 Å². The summed E-state index contributed by atoms with van der Waals surface area (Å²) in [5.74, 6) is 0. The number of anilines is 1. The van der Waals surface area contributed by atoms with E-state index in [9.17, 15) is 9.59 Å². The van der Waals surface area contributed by atoms with Crippen LogP contribution in [0.4, 0.5) is 5.69 Å². The van der Waals surface area contributed by atoms with Crippen molar-refractivity contribution < 1.29 is 0 Å². The second-order valence-electron chi connectivity index (χ2n) is 5.28. The number of rotatable bonds is 3. The van der Waals surface area contributed by atoms with Crippen molar-refractivity contribution in [2.24, 2.45) is 0 Å². The van der Waals surface area contributed by atoms with E-state index in [0.717, 1.165) is 30.9 Å². The first-order valence-electron chi connectivity index (χ1n) is 7.03. The third kappa shape index (κ3) is 2.78. The molecule has 0 unspecified atom stereocenters. The zero-order valence-electron chi connectivity index (χ0n) is 12.4. The van der Waals surface area contributed by atoms with Crippen molar-refractivity contribution in [3.63, 3.8) is 0 Å². The van der Waals surface area contributed by atoms with Crippen LogP contribution in [-0.4, -0.2) is 44.8 Å². The molecule has 8 heteroatoms. The highest BCUT2D eigenvalue weighted by atomic mass is 32.2. The van der Waals surface area contributed by atoms with E-state index >= 15 is 0 Å². The van der Waals surface area contributed by atoms with Crippen molar-refractivity contribution in [1.29, 1.82) is 0 Å². The summed E-state index contributed by atoms with van der Waals surface area (Å²) >= 11 is 1.87. The number of hydrogen-bond acceptors (Lipinski definition) is 6. The van der Waals surface area contributed by atoms with Gasteiger partial charge in [-0.2, -0.15) is 16.9 Å². The smallest absolute Gasteiger partial charge is 0.325 e. The molecule has 0 bridgehead atoms. The van der Waals surface area contributed by atoms with Gasteiger partial charge in [0.05, 0.1) is 16.9 Å². The van der Waals surface area contributed by atoms with Crippen LogP contribution in [0, 0.1) is 6.92 Å².